The Morgan fingerprint density at radius 3 is 2.57 bits per heavy atom. The minimum atomic E-state index is -0.461. The van der Waals surface area contributed by atoms with Crippen molar-refractivity contribution in [2.75, 3.05) is 19.7 Å². The van der Waals surface area contributed by atoms with Crippen LogP contribution in [0.15, 0.2) is 35.3 Å². The highest BCUT2D eigenvalue weighted by atomic mass is 16.5. The molecule has 3 rings (SSSR count). The second-order valence-corrected chi connectivity index (χ2v) is 7.34. The maximum Gasteiger partial charge on any atom is 0.242 e. The molecule has 0 saturated carbocycles. The first-order chi connectivity index (χ1) is 10.8. The molecule has 1 fully saturated rings. The van der Waals surface area contributed by atoms with Crippen molar-refractivity contribution in [1.82, 2.24) is 9.80 Å². The van der Waals surface area contributed by atoms with Crippen molar-refractivity contribution in [2.24, 2.45) is 4.99 Å². The summed E-state index contributed by atoms with van der Waals surface area (Å²) in [5.74, 6) is 0.0655. The molecule has 0 N–H and O–H groups in total. The monoisotopic (exact) mass is 315 g/mol. The van der Waals surface area contributed by atoms with E-state index in [1.54, 1.807) is 11.2 Å². The van der Waals surface area contributed by atoms with Crippen LogP contribution in [-0.2, 0) is 9.53 Å². The average molecular weight is 315 g/mol. The second kappa shape index (κ2) is 5.73. The average Bonchev–Trinajstić information content (AvgIpc) is 3.00. The molecule has 23 heavy (non-hydrogen) atoms. The van der Waals surface area contributed by atoms with E-state index in [9.17, 15) is 4.79 Å². The molecule has 1 aromatic rings. The number of hydrogen-bond donors (Lipinski definition) is 0. The molecule has 1 unspecified atom stereocenters. The van der Waals surface area contributed by atoms with E-state index >= 15 is 0 Å². The minimum Gasteiger partial charge on any atom is -0.359 e. The van der Waals surface area contributed by atoms with Crippen LogP contribution in [0.4, 0.5) is 0 Å². The van der Waals surface area contributed by atoms with Gasteiger partial charge in [0.25, 0.3) is 0 Å². The quantitative estimate of drug-likeness (QED) is 0.860. The van der Waals surface area contributed by atoms with Gasteiger partial charge in [-0.25, -0.2) is 0 Å². The van der Waals surface area contributed by atoms with Crippen molar-refractivity contribution in [3.8, 4) is 0 Å². The van der Waals surface area contributed by atoms with Gasteiger partial charge in [0.15, 0.2) is 0 Å². The van der Waals surface area contributed by atoms with Gasteiger partial charge < -0.3 is 4.74 Å². The SMILES string of the molecule is CC1(C)CN=CN1C(=O)CN1C(c2ccccc2)COC1(C)C. The highest BCUT2D eigenvalue weighted by molar-refractivity contribution is 5.91. The number of carbonyl (C=O) groups excluding carboxylic acids is 1. The van der Waals surface area contributed by atoms with Gasteiger partial charge in [0.2, 0.25) is 5.91 Å². The van der Waals surface area contributed by atoms with Gasteiger partial charge in [0, 0.05) is 0 Å². The fraction of sp³-hybridized carbons (Fsp3) is 0.556. The lowest BCUT2D eigenvalue weighted by atomic mass is 10.0. The van der Waals surface area contributed by atoms with Crippen LogP contribution in [0, 0.1) is 0 Å². The van der Waals surface area contributed by atoms with E-state index in [-0.39, 0.29) is 17.5 Å². The lowest BCUT2D eigenvalue weighted by Gasteiger charge is -2.36. The maximum atomic E-state index is 12.8. The predicted octanol–water partition coefficient (Wildman–Crippen LogP) is 2.45. The summed E-state index contributed by atoms with van der Waals surface area (Å²) < 4.78 is 5.96. The molecule has 0 bridgehead atoms. The lowest BCUT2D eigenvalue weighted by molar-refractivity contribution is -0.136. The molecule has 5 nitrogen and oxygen atoms in total. The molecule has 2 aliphatic rings. The van der Waals surface area contributed by atoms with Crippen molar-refractivity contribution in [3.05, 3.63) is 35.9 Å². The Labute approximate surface area is 137 Å². The molecule has 1 saturated heterocycles. The van der Waals surface area contributed by atoms with E-state index in [2.05, 4.69) is 22.0 Å². The normalized spacial score (nSPS) is 25.9. The predicted molar refractivity (Wildman–Crippen MR) is 90.2 cm³/mol. The summed E-state index contributed by atoms with van der Waals surface area (Å²) in [4.78, 5) is 21.0. The van der Waals surface area contributed by atoms with Crippen LogP contribution < -0.4 is 0 Å². The molecule has 0 spiro atoms. The summed E-state index contributed by atoms with van der Waals surface area (Å²) in [6.07, 6.45) is 1.67. The van der Waals surface area contributed by atoms with Gasteiger partial charge in [-0.3, -0.25) is 19.6 Å². The topological polar surface area (TPSA) is 45.1 Å². The van der Waals surface area contributed by atoms with E-state index in [0.29, 0.717) is 19.7 Å². The third kappa shape index (κ3) is 3.03. The summed E-state index contributed by atoms with van der Waals surface area (Å²) in [5, 5.41) is 0. The Bertz CT molecular complexity index is 610. The van der Waals surface area contributed by atoms with Crippen molar-refractivity contribution >= 4 is 12.2 Å². The third-order valence-electron chi connectivity index (χ3n) is 4.75. The van der Waals surface area contributed by atoms with E-state index in [1.165, 1.54) is 5.56 Å². The number of ether oxygens (including phenoxy) is 1. The zero-order valence-corrected chi connectivity index (χ0v) is 14.3. The minimum absolute atomic E-state index is 0.0655. The highest BCUT2D eigenvalue weighted by Gasteiger charge is 2.44. The number of nitrogens with zero attached hydrogens (tertiary/aromatic N) is 3. The fourth-order valence-corrected chi connectivity index (χ4v) is 3.29. The number of aliphatic imine (C=N–C) groups is 1. The van der Waals surface area contributed by atoms with Crippen LogP contribution in [0.2, 0.25) is 0 Å². The largest absolute Gasteiger partial charge is 0.359 e. The Morgan fingerprint density at radius 1 is 1.26 bits per heavy atom. The molecule has 5 heteroatoms. The van der Waals surface area contributed by atoms with Gasteiger partial charge in [-0.1, -0.05) is 30.3 Å². The Hall–Kier alpha value is -1.72. The molecule has 0 radical (unpaired) electrons. The molecule has 2 heterocycles. The third-order valence-corrected chi connectivity index (χ3v) is 4.75. The van der Waals surface area contributed by atoms with Crippen molar-refractivity contribution in [1.29, 1.82) is 0 Å². The number of hydrogen-bond acceptors (Lipinski definition) is 4. The maximum absolute atomic E-state index is 12.8. The summed E-state index contributed by atoms with van der Waals surface area (Å²) in [7, 11) is 0. The first-order valence-corrected chi connectivity index (χ1v) is 8.09. The molecule has 124 valence electrons. The molecule has 1 atom stereocenters. The van der Waals surface area contributed by atoms with E-state index in [0.717, 1.165) is 0 Å². The van der Waals surface area contributed by atoms with Crippen LogP contribution in [0.25, 0.3) is 0 Å². The fourth-order valence-electron chi connectivity index (χ4n) is 3.29. The molecular weight excluding hydrogens is 290 g/mol. The van der Waals surface area contributed by atoms with Gasteiger partial charge >= 0.3 is 0 Å². The first kappa shape index (κ1) is 16.1. The molecule has 1 amide bonds. The molecule has 1 aromatic carbocycles. The van der Waals surface area contributed by atoms with Gasteiger partial charge in [0.05, 0.1) is 37.6 Å². The molecule has 2 aliphatic heterocycles. The Morgan fingerprint density at radius 2 is 1.96 bits per heavy atom. The Balaban J connectivity index is 1.81. The van der Waals surface area contributed by atoms with Crippen LogP contribution in [-0.4, -0.2) is 53.0 Å². The van der Waals surface area contributed by atoms with E-state index in [1.807, 2.05) is 45.9 Å². The number of benzene rings is 1. The van der Waals surface area contributed by atoms with Crippen LogP contribution in [0.1, 0.15) is 39.3 Å². The van der Waals surface area contributed by atoms with Crippen molar-refractivity contribution < 1.29 is 9.53 Å². The number of amides is 1. The zero-order valence-electron chi connectivity index (χ0n) is 14.3. The molecular formula is C18H25N3O2. The van der Waals surface area contributed by atoms with Gasteiger partial charge in [0.1, 0.15) is 5.72 Å². The Kier molecular flexibility index (Phi) is 4.02. The molecule has 0 aromatic heterocycles. The smallest absolute Gasteiger partial charge is 0.242 e. The van der Waals surface area contributed by atoms with Crippen LogP contribution >= 0.6 is 0 Å². The first-order valence-electron chi connectivity index (χ1n) is 8.09. The molecule has 0 aliphatic carbocycles. The van der Waals surface area contributed by atoms with E-state index in [4.69, 9.17) is 4.74 Å². The van der Waals surface area contributed by atoms with Crippen molar-refractivity contribution in [2.45, 2.75) is 45.0 Å². The second-order valence-electron chi connectivity index (χ2n) is 7.34. The standard InChI is InChI=1S/C18H25N3O2/c1-17(2)12-19-13-21(17)16(22)10-20-15(11-23-18(20,3)4)14-8-6-5-7-9-14/h5-9,13,15H,10-12H2,1-4H3. The van der Waals surface area contributed by atoms with Crippen molar-refractivity contribution in [3.63, 3.8) is 0 Å². The van der Waals surface area contributed by atoms with Gasteiger partial charge in [-0.2, -0.15) is 0 Å². The number of rotatable bonds is 3. The summed E-state index contributed by atoms with van der Waals surface area (Å²) in [5.41, 5.74) is 0.474. The number of carbonyl (C=O) groups is 1. The van der Waals surface area contributed by atoms with Crippen LogP contribution in [0.3, 0.4) is 0 Å². The van der Waals surface area contributed by atoms with Gasteiger partial charge in [-0.05, 0) is 33.3 Å². The summed E-state index contributed by atoms with van der Waals surface area (Å²) in [6, 6.07) is 10.3. The summed E-state index contributed by atoms with van der Waals surface area (Å²) in [6.45, 7) is 9.69. The highest BCUT2D eigenvalue weighted by Crippen LogP contribution is 2.36. The summed E-state index contributed by atoms with van der Waals surface area (Å²) >= 11 is 0. The van der Waals surface area contributed by atoms with E-state index < -0.39 is 5.72 Å². The van der Waals surface area contributed by atoms with Gasteiger partial charge in [-0.15, -0.1) is 0 Å². The zero-order chi connectivity index (χ0) is 16.7. The van der Waals surface area contributed by atoms with Crippen LogP contribution in [0.5, 0.6) is 0 Å². The lowest BCUT2D eigenvalue weighted by Crippen LogP contribution is -2.52.